The first kappa shape index (κ1) is 13.2. The molecule has 0 aliphatic carbocycles. The second-order valence-electron chi connectivity index (χ2n) is 4.14. The molecule has 0 heterocycles. The first-order valence-corrected chi connectivity index (χ1v) is 5.58. The van der Waals surface area contributed by atoms with Gasteiger partial charge in [-0.15, -0.1) is 0 Å². The van der Waals surface area contributed by atoms with Crippen molar-refractivity contribution < 1.29 is 14.7 Å². The van der Waals surface area contributed by atoms with Crippen molar-refractivity contribution in [1.82, 2.24) is 5.32 Å². The Labute approximate surface area is 101 Å². The number of nitrogens with one attached hydrogen (secondary N) is 1. The molecule has 92 valence electrons. The summed E-state index contributed by atoms with van der Waals surface area (Å²) in [5, 5.41) is 11.4. The molecular weight excluding hydrogens is 218 g/mol. The fourth-order valence-corrected chi connectivity index (χ4v) is 1.54. The molecule has 1 amide bonds. The molecule has 0 aliphatic heterocycles. The van der Waals surface area contributed by atoms with Gasteiger partial charge in [0.25, 0.3) is 0 Å². The normalized spacial score (nSPS) is 13.8. The summed E-state index contributed by atoms with van der Waals surface area (Å²) in [4.78, 5) is 22.2. The van der Waals surface area contributed by atoms with Gasteiger partial charge in [-0.1, -0.05) is 37.3 Å². The first-order chi connectivity index (χ1) is 8.00. The van der Waals surface area contributed by atoms with Gasteiger partial charge in [-0.05, 0) is 12.5 Å². The number of carbonyl (C=O) groups is 2. The molecule has 0 spiro atoms. The van der Waals surface area contributed by atoms with Crippen LogP contribution in [-0.4, -0.2) is 17.0 Å². The van der Waals surface area contributed by atoms with E-state index < -0.39 is 11.9 Å². The van der Waals surface area contributed by atoms with E-state index in [9.17, 15) is 9.59 Å². The van der Waals surface area contributed by atoms with Crippen molar-refractivity contribution in [1.29, 1.82) is 0 Å². The Bertz CT molecular complexity index is 389. The summed E-state index contributed by atoms with van der Waals surface area (Å²) in [7, 11) is 0. The van der Waals surface area contributed by atoms with Crippen LogP contribution in [0.4, 0.5) is 0 Å². The average molecular weight is 235 g/mol. The molecule has 0 bridgehead atoms. The maximum Gasteiger partial charge on any atom is 0.304 e. The van der Waals surface area contributed by atoms with Gasteiger partial charge in [-0.3, -0.25) is 9.59 Å². The van der Waals surface area contributed by atoms with Crippen LogP contribution in [0.1, 0.15) is 31.9 Å². The number of hydrogen-bond acceptors (Lipinski definition) is 2. The number of benzene rings is 1. The van der Waals surface area contributed by atoms with E-state index in [1.165, 1.54) is 0 Å². The first-order valence-electron chi connectivity index (χ1n) is 5.58. The predicted octanol–water partition coefficient (Wildman–Crippen LogP) is 1.97. The SMILES string of the molecule is CC(CC(=O)O)C(=O)N[C@@H](C)c1ccccc1. The number of carboxylic acids is 1. The number of carboxylic acid groups (broad SMARTS) is 1. The van der Waals surface area contributed by atoms with Crippen molar-refractivity contribution in [2.24, 2.45) is 5.92 Å². The number of hydrogen-bond donors (Lipinski definition) is 2. The molecule has 0 aliphatic rings. The van der Waals surface area contributed by atoms with Crippen molar-refractivity contribution in [2.45, 2.75) is 26.3 Å². The summed E-state index contributed by atoms with van der Waals surface area (Å²) >= 11 is 0. The van der Waals surface area contributed by atoms with Gasteiger partial charge in [0.05, 0.1) is 12.5 Å². The summed E-state index contributed by atoms with van der Waals surface area (Å²) in [5.41, 5.74) is 1.00. The van der Waals surface area contributed by atoms with E-state index in [2.05, 4.69) is 5.32 Å². The van der Waals surface area contributed by atoms with Gasteiger partial charge in [-0.25, -0.2) is 0 Å². The lowest BCUT2D eigenvalue weighted by Crippen LogP contribution is -2.32. The van der Waals surface area contributed by atoms with Gasteiger partial charge in [0.15, 0.2) is 0 Å². The van der Waals surface area contributed by atoms with Crippen LogP contribution in [0.15, 0.2) is 30.3 Å². The topological polar surface area (TPSA) is 66.4 Å². The van der Waals surface area contributed by atoms with E-state index in [0.29, 0.717) is 0 Å². The Balaban J connectivity index is 2.54. The van der Waals surface area contributed by atoms with Gasteiger partial charge in [-0.2, -0.15) is 0 Å². The lowest BCUT2D eigenvalue weighted by atomic mass is 10.0. The summed E-state index contributed by atoms with van der Waals surface area (Å²) in [5.74, 6) is -1.71. The molecule has 1 unspecified atom stereocenters. The van der Waals surface area contributed by atoms with Crippen molar-refractivity contribution in [3.05, 3.63) is 35.9 Å². The van der Waals surface area contributed by atoms with Crippen molar-refractivity contribution in [3.8, 4) is 0 Å². The molecule has 2 atom stereocenters. The molecule has 17 heavy (non-hydrogen) atoms. The standard InChI is InChI=1S/C13H17NO3/c1-9(8-12(15)16)13(17)14-10(2)11-6-4-3-5-7-11/h3-7,9-10H,8H2,1-2H3,(H,14,17)(H,15,16)/t9?,10-/m0/s1. The van der Waals surface area contributed by atoms with Crippen LogP contribution in [0, 0.1) is 5.92 Å². The molecular formula is C13H17NO3. The largest absolute Gasteiger partial charge is 0.481 e. The molecule has 0 saturated carbocycles. The zero-order chi connectivity index (χ0) is 12.8. The van der Waals surface area contributed by atoms with E-state index in [1.54, 1.807) is 6.92 Å². The molecule has 0 radical (unpaired) electrons. The van der Waals surface area contributed by atoms with E-state index in [4.69, 9.17) is 5.11 Å². The zero-order valence-corrected chi connectivity index (χ0v) is 10.0. The summed E-state index contributed by atoms with van der Waals surface area (Å²) < 4.78 is 0. The second kappa shape index (κ2) is 6.03. The Morgan fingerprint density at radius 2 is 1.82 bits per heavy atom. The Hall–Kier alpha value is -1.84. The average Bonchev–Trinajstić information content (AvgIpc) is 2.29. The van der Waals surface area contributed by atoms with Gasteiger partial charge in [0, 0.05) is 5.92 Å². The van der Waals surface area contributed by atoms with Crippen molar-refractivity contribution in [3.63, 3.8) is 0 Å². The Morgan fingerprint density at radius 1 is 1.24 bits per heavy atom. The van der Waals surface area contributed by atoms with Gasteiger partial charge in [0.1, 0.15) is 0 Å². The van der Waals surface area contributed by atoms with E-state index in [-0.39, 0.29) is 18.4 Å². The summed E-state index contributed by atoms with van der Waals surface area (Å²) in [6, 6.07) is 9.45. The number of aliphatic carboxylic acids is 1. The number of rotatable bonds is 5. The smallest absolute Gasteiger partial charge is 0.304 e. The minimum Gasteiger partial charge on any atom is -0.481 e. The monoisotopic (exact) mass is 235 g/mol. The molecule has 2 N–H and O–H groups in total. The minimum absolute atomic E-state index is 0.111. The molecule has 1 rings (SSSR count). The zero-order valence-electron chi connectivity index (χ0n) is 10.0. The number of carbonyl (C=O) groups excluding carboxylic acids is 1. The molecule has 4 heteroatoms. The van der Waals surface area contributed by atoms with Crippen LogP contribution < -0.4 is 5.32 Å². The third-order valence-corrected chi connectivity index (χ3v) is 2.59. The van der Waals surface area contributed by atoms with Gasteiger partial charge >= 0.3 is 5.97 Å². The fraction of sp³-hybridized carbons (Fsp3) is 0.385. The highest BCUT2D eigenvalue weighted by molar-refractivity contribution is 5.83. The van der Waals surface area contributed by atoms with E-state index >= 15 is 0 Å². The summed E-state index contributed by atoms with van der Waals surface area (Å²) in [6.07, 6.45) is -0.145. The van der Waals surface area contributed by atoms with Crippen molar-refractivity contribution >= 4 is 11.9 Å². The highest BCUT2D eigenvalue weighted by Crippen LogP contribution is 2.12. The van der Waals surface area contributed by atoms with Crippen LogP contribution in [0.5, 0.6) is 0 Å². The minimum atomic E-state index is -0.958. The maximum atomic E-state index is 11.7. The Morgan fingerprint density at radius 3 is 2.35 bits per heavy atom. The van der Waals surface area contributed by atoms with Crippen molar-refractivity contribution in [2.75, 3.05) is 0 Å². The summed E-state index contributed by atoms with van der Waals surface area (Å²) in [6.45, 7) is 3.49. The molecule has 4 nitrogen and oxygen atoms in total. The maximum absolute atomic E-state index is 11.7. The highest BCUT2D eigenvalue weighted by atomic mass is 16.4. The van der Waals surface area contributed by atoms with Crippen LogP contribution in [-0.2, 0) is 9.59 Å². The second-order valence-corrected chi connectivity index (χ2v) is 4.14. The molecule has 0 fully saturated rings. The van der Waals surface area contributed by atoms with Gasteiger partial charge in [0.2, 0.25) is 5.91 Å². The molecule has 1 aromatic rings. The third kappa shape index (κ3) is 4.26. The fourth-order valence-electron chi connectivity index (χ4n) is 1.54. The lowest BCUT2D eigenvalue weighted by molar-refractivity contribution is -0.140. The van der Waals surface area contributed by atoms with Crippen LogP contribution in [0.3, 0.4) is 0 Å². The molecule has 0 saturated heterocycles. The van der Waals surface area contributed by atoms with Crippen LogP contribution in [0.2, 0.25) is 0 Å². The molecule has 0 aromatic heterocycles. The predicted molar refractivity (Wildman–Crippen MR) is 64.4 cm³/mol. The van der Waals surface area contributed by atoms with Crippen LogP contribution >= 0.6 is 0 Å². The third-order valence-electron chi connectivity index (χ3n) is 2.59. The van der Waals surface area contributed by atoms with E-state index in [1.807, 2.05) is 37.3 Å². The van der Waals surface area contributed by atoms with Crippen LogP contribution in [0.25, 0.3) is 0 Å². The van der Waals surface area contributed by atoms with Gasteiger partial charge < -0.3 is 10.4 Å². The Kier molecular flexibility index (Phi) is 4.69. The lowest BCUT2D eigenvalue weighted by Gasteiger charge is -2.16. The number of amides is 1. The van der Waals surface area contributed by atoms with E-state index in [0.717, 1.165) is 5.56 Å². The highest BCUT2D eigenvalue weighted by Gasteiger charge is 2.18. The molecule has 1 aromatic carbocycles. The quantitative estimate of drug-likeness (QED) is 0.820.